The van der Waals surface area contributed by atoms with Gasteiger partial charge in [-0.1, -0.05) is 11.3 Å². The second-order valence-corrected chi connectivity index (χ2v) is 8.67. The maximum atomic E-state index is 13.0. The van der Waals surface area contributed by atoms with Gasteiger partial charge in [-0.15, -0.1) is 13.2 Å². The molecule has 0 unspecified atom stereocenters. The van der Waals surface area contributed by atoms with Crippen molar-refractivity contribution in [3.05, 3.63) is 35.7 Å². The number of halogens is 3. The molecule has 0 aliphatic carbocycles. The molecule has 0 radical (unpaired) electrons. The fourth-order valence-electron chi connectivity index (χ4n) is 3.56. The van der Waals surface area contributed by atoms with E-state index in [9.17, 15) is 18.0 Å². The van der Waals surface area contributed by atoms with Crippen molar-refractivity contribution in [2.75, 3.05) is 31.1 Å². The molecule has 3 heterocycles. The van der Waals surface area contributed by atoms with E-state index in [0.717, 1.165) is 5.69 Å². The highest BCUT2D eigenvalue weighted by atomic mass is 32.1. The molecule has 2 aromatic heterocycles. The second-order valence-electron chi connectivity index (χ2n) is 7.66. The zero-order valence-corrected chi connectivity index (χ0v) is 18.1. The van der Waals surface area contributed by atoms with Crippen LogP contribution in [-0.2, 0) is 0 Å². The summed E-state index contributed by atoms with van der Waals surface area (Å²) in [5, 5.41) is 5.13. The molecule has 1 fully saturated rings. The van der Waals surface area contributed by atoms with E-state index in [4.69, 9.17) is 0 Å². The molecular weight excluding hydrogens is 431 g/mol. The van der Waals surface area contributed by atoms with Crippen LogP contribution in [0.2, 0.25) is 0 Å². The first-order chi connectivity index (χ1) is 14.6. The summed E-state index contributed by atoms with van der Waals surface area (Å²) in [6, 6.07) is 6.02. The van der Waals surface area contributed by atoms with Crippen LogP contribution in [0.15, 0.2) is 24.3 Å². The van der Waals surface area contributed by atoms with Gasteiger partial charge in [-0.25, -0.2) is 4.98 Å². The van der Waals surface area contributed by atoms with Gasteiger partial charge in [0.25, 0.3) is 5.91 Å². The van der Waals surface area contributed by atoms with Gasteiger partial charge >= 0.3 is 6.36 Å². The maximum Gasteiger partial charge on any atom is 0.573 e. The zero-order chi connectivity index (χ0) is 22.3. The Morgan fingerprint density at radius 1 is 1.16 bits per heavy atom. The van der Waals surface area contributed by atoms with E-state index in [1.54, 1.807) is 9.58 Å². The first kappa shape index (κ1) is 21.4. The maximum absolute atomic E-state index is 13.0. The Morgan fingerprint density at radius 2 is 1.87 bits per heavy atom. The van der Waals surface area contributed by atoms with Gasteiger partial charge in [0.1, 0.15) is 11.4 Å². The normalized spacial score (nSPS) is 15.2. The Balaban J connectivity index is 1.45. The number of fused-ring (bicyclic) bond motifs is 1. The molecule has 1 aliphatic rings. The third-order valence-electron chi connectivity index (χ3n) is 4.99. The minimum atomic E-state index is -4.73. The molecule has 0 bridgehead atoms. The third kappa shape index (κ3) is 4.60. The first-order valence-corrected chi connectivity index (χ1v) is 10.7. The molecule has 166 valence electrons. The summed E-state index contributed by atoms with van der Waals surface area (Å²) < 4.78 is 43.7. The topological polar surface area (TPSA) is 63.5 Å². The molecule has 0 N–H and O–H groups in total. The molecule has 1 amide bonds. The highest BCUT2D eigenvalue weighted by Gasteiger charge is 2.31. The van der Waals surface area contributed by atoms with E-state index in [-0.39, 0.29) is 17.7 Å². The number of aryl methyl sites for hydroxylation is 1. The summed E-state index contributed by atoms with van der Waals surface area (Å²) in [6.45, 7) is 8.07. The fourth-order valence-corrected chi connectivity index (χ4v) is 4.60. The Hall–Kier alpha value is -2.82. The van der Waals surface area contributed by atoms with Crippen LogP contribution in [0.1, 0.15) is 36.1 Å². The van der Waals surface area contributed by atoms with Crippen molar-refractivity contribution >= 4 is 32.6 Å². The molecule has 0 spiro atoms. The number of rotatable bonds is 4. The molecule has 0 atom stereocenters. The number of benzene rings is 1. The van der Waals surface area contributed by atoms with Crippen LogP contribution in [0.4, 0.5) is 18.3 Å². The van der Waals surface area contributed by atoms with Crippen molar-refractivity contribution in [3.63, 3.8) is 0 Å². The summed E-state index contributed by atoms with van der Waals surface area (Å²) in [4.78, 5) is 21.4. The van der Waals surface area contributed by atoms with Crippen LogP contribution < -0.4 is 9.64 Å². The highest BCUT2D eigenvalue weighted by Crippen LogP contribution is 2.33. The van der Waals surface area contributed by atoms with E-state index in [1.165, 1.54) is 29.5 Å². The Labute approximate surface area is 181 Å². The molecule has 1 aromatic carbocycles. The average Bonchev–Trinajstić information content (AvgIpc) is 3.29. The second kappa shape index (κ2) is 8.03. The predicted molar refractivity (Wildman–Crippen MR) is 112 cm³/mol. The Kier molecular flexibility index (Phi) is 5.54. The van der Waals surface area contributed by atoms with Crippen molar-refractivity contribution in [1.29, 1.82) is 0 Å². The summed E-state index contributed by atoms with van der Waals surface area (Å²) >= 11 is 1.31. The van der Waals surface area contributed by atoms with Gasteiger partial charge in [-0.3, -0.25) is 9.48 Å². The van der Waals surface area contributed by atoms with Gasteiger partial charge in [0, 0.05) is 38.3 Å². The molecular formula is C20H22F3N5O2S. The number of ether oxygens (including phenoxy) is 1. The number of hydrogen-bond acceptors (Lipinski definition) is 6. The largest absolute Gasteiger partial charge is 0.573 e. The molecule has 7 nitrogen and oxygen atoms in total. The van der Waals surface area contributed by atoms with Crippen LogP contribution in [0, 0.1) is 6.92 Å². The Morgan fingerprint density at radius 3 is 2.52 bits per heavy atom. The number of alkyl halides is 3. The molecule has 11 heteroatoms. The van der Waals surface area contributed by atoms with E-state index in [1.807, 2.05) is 31.7 Å². The van der Waals surface area contributed by atoms with Crippen molar-refractivity contribution in [3.8, 4) is 5.75 Å². The highest BCUT2D eigenvalue weighted by molar-refractivity contribution is 7.22. The molecule has 1 aliphatic heterocycles. The quantitative estimate of drug-likeness (QED) is 0.591. The van der Waals surface area contributed by atoms with E-state index >= 15 is 0 Å². The molecule has 3 aromatic rings. The lowest BCUT2D eigenvalue weighted by Crippen LogP contribution is -2.49. The number of carbonyl (C=O) groups excluding carboxylic acids is 1. The smallest absolute Gasteiger partial charge is 0.406 e. The summed E-state index contributed by atoms with van der Waals surface area (Å²) in [6.07, 6.45) is -4.73. The summed E-state index contributed by atoms with van der Waals surface area (Å²) in [7, 11) is 0. The van der Waals surface area contributed by atoms with Crippen molar-refractivity contribution < 1.29 is 22.7 Å². The number of aromatic nitrogens is 3. The number of nitrogens with zero attached hydrogens (tertiary/aromatic N) is 5. The lowest BCUT2D eigenvalue weighted by atomic mass is 10.2. The predicted octanol–water partition coefficient (Wildman–Crippen LogP) is 4.24. The number of amides is 1. The number of carbonyl (C=O) groups is 1. The van der Waals surface area contributed by atoms with E-state index in [2.05, 4.69) is 14.8 Å². The lowest BCUT2D eigenvalue weighted by Gasteiger charge is -2.34. The minimum absolute atomic E-state index is 0.0489. The van der Waals surface area contributed by atoms with Gasteiger partial charge in [0.2, 0.25) is 0 Å². The number of hydrogen-bond donors (Lipinski definition) is 0. The van der Waals surface area contributed by atoms with E-state index in [0.29, 0.717) is 47.2 Å². The number of thiazole rings is 1. The van der Waals surface area contributed by atoms with Gasteiger partial charge in [-0.05, 0) is 39.0 Å². The minimum Gasteiger partial charge on any atom is -0.406 e. The standard InChI is InChI=1S/C20H22F3N5O2S/c1-12(2)28-16(10-13(3)25-28)18(29)26-6-8-27(9-7-26)19-24-15-5-4-14(11-17(15)31-19)30-20(21,22)23/h4-5,10-12H,6-9H2,1-3H3. The van der Waals surface area contributed by atoms with Crippen molar-refractivity contribution in [1.82, 2.24) is 19.7 Å². The Bertz CT molecular complexity index is 1100. The van der Waals surface area contributed by atoms with Gasteiger partial charge < -0.3 is 14.5 Å². The molecule has 4 rings (SSSR count). The number of piperazine rings is 1. The third-order valence-corrected chi connectivity index (χ3v) is 6.06. The summed E-state index contributed by atoms with van der Waals surface area (Å²) in [5.41, 5.74) is 2.00. The van der Waals surface area contributed by atoms with Crippen LogP contribution >= 0.6 is 11.3 Å². The molecule has 0 saturated carbocycles. The van der Waals surface area contributed by atoms with Gasteiger partial charge in [-0.2, -0.15) is 5.10 Å². The van der Waals surface area contributed by atoms with Crippen LogP contribution in [0.5, 0.6) is 5.75 Å². The van der Waals surface area contributed by atoms with Crippen molar-refractivity contribution in [2.45, 2.75) is 33.2 Å². The number of anilines is 1. The van der Waals surface area contributed by atoms with Crippen LogP contribution in [0.3, 0.4) is 0 Å². The zero-order valence-electron chi connectivity index (χ0n) is 17.3. The van der Waals surface area contributed by atoms with Crippen molar-refractivity contribution in [2.24, 2.45) is 0 Å². The SMILES string of the molecule is Cc1cc(C(=O)N2CCN(c3nc4ccc(OC(F)(F)F)cc4s3)CC2)n(C(C)C)n1. The molecule has 1 saturated heterocycles. The van der Waals surface area contributed by atoms with Gasteiger partial charge in [0.05, 0.1) is 15.9 Å². The average molecular weight is 453 g/mol. The summed E-state index contributed by atoms with van der Waals surface area (Å²) in [5.74, 6) is -0.310. The van der Waals surface area contributed by atoms with Crippen LogP contribution in [0.25, 0.3) is 10.2 Å². The lowest BCUT2D eigenvalue weighted by molar-refractivity contribution is -0.274. The fraction of sp³-hybridized carbons (Fsp3) is 0.450. The molecule has 31 heavy (non-hydrogen) atoms. The first-order valence-electron chi connectivity index (χ1n) is 9.87. The van der Waals surface area contributed by atoms with Crippen LogP contribution in [-0.4, -0.2) is 58.1 Å². The monoisotopic (exact) mass is 453 g/mol. The van der Waals surface area contributed by atoms with Gasteiger partial charge in [0.15, 0.2) is 5.13 Å². The van der Waals surface area contributed by atoms with E-state index < -0.39 is 6.36 Å².